The summed E-state index contributed by atoms with van der Waals surface area (Å²) in [7, 11) is 1.58. The second-order valence-electron chi connectivity index (χ2n) is 4.76. The molecule has 0 fully saturated rings. The van der Waals surface area contributed by atoms with Crippen LogP contribution in [0.2, 0.25) is 0 Å². The first-order chi connectivity index (χ1) is 10.1. The third-order valence-corrected chi connectivity index (χ3v) is 3.95. The maximum absolute atomic E-state index is 12.3. The van der Waals surface area contributed by atoms with Gasteiger partial charge in [0.15, 0.2) is 18.0 Å². The van der Waals surface area contributed by atoms with E-state index >= 15 is 0 Å². The highest BCUT2D eigenvalue weighted by Gasteiger charge is 2.36. The third kappa shape index (κ3) is 2.54. The lowest BCUT2D eigenvalue weighted by Crippen LogP contribution is -2.36. The number of carbonyl (C=O) groups is 1. The Morgan fingerprint density at radius 1 is 1.19 bits per heavy atom. The molecule has 0 saturated carbocycles. The molecule has 1 N–H and O–H groups in total. The quantitative estimate of drug-likeness (QED) is 0.905. The van der Waals surface area contributed by atoms with Crippen LogP contribution in [-0.4, -0.2) is 24.1 Å². The number of benzene rings is 2. The molecule has 3 rings (SSSR count). The van der Waals surface area contributed by atoms with Gasteiger partial charge in [0.05, 0.1) is 12.7 Å². The SMILES string of the molecule is COc1ccc(C2Oc3ccc(Br)cc3C(=O)C2O)cc1. The second kappa shape index (κ2) is 5.50. The van der Waals surface area contributed by atoms with Crippen molar-refractivity contribution in [2.75, 3.05) is 7.11 Å². The molecule has 0 amide bonds. The number of carbonyl (C=O) groups excluding carboxylic acids is 1. The third-order valence-electron chi connectivity index (χ3n) is 3.46. The average molecular weight is 349 g/mol. The van der Waals surface area contributed by atoms with Crippen LogP contribution in [0.4, 0.5) is 0 Å². The van der Waals surface area contributed by atoms with Gasteiger partial charge < -0.3 is 14.6 Å². The Morgan fingerprint density at radius 2 is 1.90 bits per heavy atom. The van der Waals surface area contributed by atoms with Crippen LogP contribution in [-0.2, 0) is 0 Å². The smallest absolute Gasteiger partial charge is 0.199 e. The first kappa shape index (κ1) is 14.1. The van der Waals surface area contributed by atoms with Crippen molar-refractivity contribution in [1.82, 2.24) is 0 Å². The number of hydrogen-bond donors (Lipinski definition) is 1. The number of halogens is 1. The van der Waals surface area contributed by atoms with Crippen LogP contribution in [0, 0.1) is 0 Å². The van der Waals surface area contributed by atoms with Gasteiger partial charge in [-0.05, 0) is 35.9 Å². The van der Waals surface area contributed by atoms with E-state index in [-0.39, 0.29) is 5.78 Å². The van der Waals surface area contributed by atoms with Gasteiger partial charge >= 0.3 is 0 Å². The summed E-state index contributed by atoms with van der Waals surface area (Å²) in [6.07, 6.45) is -1.93. The fourth-order valence-corrected chi connectivity index (χ4v) is 2.70. The zero-order valence-electron chi connectivity index (χ0n) is 11.2. The molecule has 2 aromatic rings. The number of ketones is 1. The van der Waals surface area contributed by atoms with Crippen LogP contribution >= 0.6 is 15.9 Å². The molecule has 5 heteroatoms. The monoisotopic (exact) mass is 348 g/mol. The van der Waals surface area contributed by atoms with Crippen molar-refractivity contribution in [3.63, 3.8) is 0 Å². The highest BCUT2D eigenvalue weighted by molar-refractivity contribution is 9.10. The fourth-order valence-electron chi connectivity index (χ4n) is 2.34. The van der Waals surface area contributed by atoms with Gasteiger partial charge in [0.25, 0.3) is 0 Å². The molecule has 0 bridgehead atoms. The highest BCUT2D eigenvalue weighted by Crippen LogP contribution is 2.36. The molecule has 2 unspecified atom stereocenters. The Bertz CT molecular complexity index is 681. The molecule has 1 heterocycles. The first-order valence-corrected chi connectivity index (χ1v) is 7.22. The Kier molecular flexibility index (Phi) is 3.69. The van der Waals surface area contributed by atoms with Gasteiger partial charge in [-0.3, -0.25) is 4.79 Å². The molecule has 0 aromatic heterocycles. The molecule has 21 heavy (non-hydrogen) atoms. The van der Waals surface area contributed by atoms with E-state index < -0.39 is 12.2 Å². The lowest BCUT2D eigenvalue weighted by Gasteiger charge is -2.29. The van der Waals surface area contributed by atoms with Crippen molar-refractivity contribution in [2.45, 2.75) is 12.2 Å². The average Bonchev–Trinajstić information content (AvgIpc) is 2.51. The predicted octanol–water partition coefficient (Wildman–Crippen LogP) is 3.14. The van der Waals surface area contributed by atoms with E-state index in [1.807, 2.05) is 0 Å². The Morgan fingerprint density at radius 3 is 2.57 bits per heavy atom. The topological polar surface area (TPSA) is 55.8 Å². The number of methoxy groups -OCH3 is 1. The highest BCUT2D eigenvalue weighted by atomic mass is 79.9. The maximum Gasteiger partial charge on any atom is 0.199 e. The van der Waals surface area contributed by atoms with Crippen molar-refractivity contribution in [2.24, 2.45) is 0 Å². The lowest BCUT2D eigenvalue weighted by molar-refractivity contribution is 0.0216. The number of aliphatic hydroxyl groups is 1. The van der Waals surface area contributed by atoms with Crippen LogP contribution in [0.3, 0.4) is 0 Å². The summed E-state index contributed by atoms with van der Waals surface area (Å²) < 4.78 is 11.7. The number of rotatable bonds is 2. The van der Waals surface area contributed by atoms with Gasteiger partial charge in [-0.15, -0.1) is 0 Å². The van der Waals surface area contributed by atoms with Crippen LogP contribution in [0.1, 0.15) is 22.0 Å². The van der Waals surface area contributed by atoms with E-state index in [0.29, 0.717) is 17.1 Å². The normalized spacial score (nSPS) is 20.6. The van der Waals surface area contributed by atoms with Crippen LogP contribution < -0.4 is 9.47 Å². The first-order valence-electron chi connectivity index (χ1n) is 6.42. The fraction of sp³-hybridized carbons (Fsp3) is 0.188. The van der Waals surface area contributed by atoms with E-state index in [0.717, 1.165) is 10.0 Å². The number of Topliss-reactive ketones (excluding diaryl/α,β-unsaturated/α-hetero) is 1. The number of aliphatic hydroxyl groups excluding tert-OH is 1. The molecular formula is C16H13BrO4. The van der Waals surface area contributed by atoms with E-state index in [9.17, 15) is 9.90 Å². The lowest BCUT2D eigenvalue weighted by atomic mass is 9.93. The number of ether oxygens (including phenoxy) is 2. The van der Waals surface area contributed by atoms with E-state index in [1.54, 1.807) is 49.6 Å². The van der Waals surface area contributed by atoms with E-state index in [1.165, 1.54) is 0 Å². The largest absolute Gasteiger partial charge is 0.497 e. The summed E-state index contributed by atoms with van der Waals surface area (Å²) in [6.45, 7) is 0. The number of hydrogen-bond acceptors (Lipinski definition) is 4. The molecule has 1 aliphatic rings. The van der Waals surface area contributed by atoms with Gasteiger partial charge in [0.2, 0.25) is 0 Å². The molecule has 108 valence electrons. The van der Waals surface area contributed by atoms with Crippen molar-refractivity contribution in [3.8, 4) is 11.5 Å². The summed E-state index contributed by atoms with van der Waals surface area (Å²) in [5, 5.41) is 10.2. The molecule has 2 aromatic carbocycles. The zero-order chi connectivity index (χ0) is 15.0. The van der Waals surface area contributed by atoms with E-state index in [2.05, 4.69) is 15.9 Å². The summed E-state index contributed by atoms with van der Waals surface area (Å²) in [4.78, 5) is 12.3. The van der Waals surface area contributed by atoms with Crippen molar-refractivity contribution < 1.29 is 19.4 Å². The molecule has 0 aliphatic carbocycles. The second-order valence-corrected chi connectivity index (χ2v) is 5.68. The Balaban J connectivity index is 1.97. The van der Waals surface area contributed by atoms with E-state index in [4.69, 9.17) is 9.47 Å². The Hall–Kier alpha value is -1.85. The van der Waals surface area contributed by atoms with Gasteiger partial charge in [0.1, 0.15) is 11.5 Å². The van der Waals surface area contributed by atoms with Crippen molar-refractivity contribution in [3.05, 3.63) is 58.1 Å². The van der Waals surface area contributed by atoms with Gasteiger partial charge in [0, 0.05) is 4.47 Å². The molecule has 2 atom stereocenters. The summed E-state index contributed by atoms with van der Waals surface area (Å²) >= 11 is 3.31. The summed E-state index contributed by atoms with van der Waals surface area (Å²) in [5.41, 5.74) is 1.12. The summed E-state index contributed by atoms with van der Waals surface area (Å²) in [5.74, 6) is 0.854. The minimum atomic E-state index is -1.22. The molecule has 0 spiro atoms. The van der Waals surface area contributed by atoms with Gasteiger partial charge in [-0.2, -0.15) is 0 Å². The molecular weight excluding hydrogens is 336 g/mol. The molecule has 0 saturated heterocycles. The molecule has 4 nitrogen and oxygen atoms in total. The molecule has 1 aliphatic heterocycles. The standard InChI is InChI=1S/C16H13BrO4/c1-20-11-5-2-9(3-6-11)16-15(19)14(18)12-8-10(17)4-7-13(12)21-16/h2-8,15-16,19H,1H3. The van der Waals surface area contributed by atoms with Gasteiger partial charge in [-0.25, -0.2) is 0 Å². The zero-order valence-corrected chi connectivity index (χ0v) is 12.8. The van der Waals surface area contributed by atoms with Crippen LogP contribution in [0.15, 0.2) is 46.9 Å². The maximum atomic E-state index is 12.3. The van der Waals surface area contributed by atoms with Crippen molar-refractivity contribution in [1.29, 1.82) is 0 Å². The van der Waals surface area contributed by atoms with Gasteiger partial charge in [-0.1, -0.05) is 28.1 Å². The summed E-state index contributed by atoms with van der Waals surface area (Å²) in [6, 6.07) is 12.3. The van der Waals surface area contributed by atoms with Crippen LogP contribution in [0.5, 0.6) is 11.5 Å². The minimum absolute atomic E-state index is 0.335. The Labute approximate surface area is 130 Å². The predicted molar refractivity (Wildman–Crippen MR) is 80.8 cm³/mol. The number of fused-ring (bicyclic) bond motifs is 1. The molecule has 0 radical (unpaired) electrons. The van der Waals surface area contributed by atoms with Crippen molar-refractivity contribution >= 4 is 21.7 Å². The van der Waals surface area contributed by atoms with Crippen LogP contribution in [0.25, 0.3) is 0 Å². The minimum Gasteiger partial charge on any atom is -0.497 e.